The number of hydrogen-bond acceptors (Lipinski definition) is 15. The van der Waals surface area contributed by atoms with E-state index in [2.05, 4.69) is 41.8 Å². The lowest BCUT2D eigenvalue weighted by molar-refractivity contribution is -0.214. The number of nitrogens with one attached hydrogen (secondary N) is 2. The third-order valence-corrected chi connectivity index (χ3v) is 7.48. The van der Waals surface area contributed by atoms with Crippen LogP contribution in [0.2, 0.25) is 0 Å². The van der Waals surface area contributed by atoms with Crippen LogP contribution in [-0.2, 0) is 38.0 Å². The van der Waals surface area contributed by atoms with Gasteiger partial charge in [-0.05, 0) is 22.1 Å². The standard InChI is InChI=1S/C27H28Br2N4O15/c1-11(34)43-15-7-17(32-9-13(3-5-28)21(36)30-25(32)40)45-19(15)23(38)47-27(42)48-24(39)20-16(44-12(2)35)8-18(46-20)33-10-14(4-6-29)22(37)31-26(33)41/h3-6,9-10,15-20,23-24,38-39H,7-8H2,1-2H3,(H,30,36,40)(H,31,37,41)/b5-3+,6-4+/t15-,16-,17+,18+,19-,20-,23?,24?/m0/s1. The van der Waals surface area contributed by atoms with Crippen LogP contribution in [0, 0.1) is 0 Å². The Kier molecular flexibility index (Phi) is 12.1. The normalized spacial score (nSPS) is 25.2. The number of esters is 2. The number of carbonyl (C=O) groups excluding carboxylic acids is 3. The Morgan fingerprint density at radius 2 is 1.17 bits per heavy atom. The first-order chi connectivity index (χ1) is 22.7. The summed E-state index contributed by atoms with van der Waals surface area (Å²) < 4.78 is 33.4. The van der Waals surface area contributed by atoms with Crippen molar-refractivity contribution in [1.29, 1.82) is 0 Å². The minimum Gasteiger partial charge on any atom is -0.459 e. The van der Waals surface area contributed by atoms with Crippen LogP contribution in [0.3, 0.4) is 0 Å². The van der Waals surface area contributed by atoms with Crippen molar-refractivity contribution in [2.75, 3.05) is 0 Å². The minimum atomic E-state index is -2.19. The SMILES string of the molecule is CC(=O)O[C@H]1C[C@H](n2cc(/C=C/Br)c(=O)[nH]c2=O)O[C@@H]1C(O)OC(=O)OC(O)[C@H]1O[C@@H](n2cc(/C=C/Br)c(=O)[nH]c2=O)C[C@@H]1OC(C)=O. The van der Waals surface area contributed by atoms with Crippen molar-refractivity contribution in [3.05, 3.63) is 75.2 Å². The van der Waals surface area contributed by atoms with Gasteiger partial charge >= 0.3 is 29.5 Å². The van der Waals surface area contributed by atoms with Crippen LogP contribution in [-0.4, -0.2) is 84.4 Å². The molecule has 0 aromatic carbocycles. The topological polar surface area (TPSA) is 257 Å². The molecule has 0 saturated carbocycles. The number of carbonyl (C=O) groups is 3. The van der Waals surface area contributed by atoms with Gasteiger partial charge in [-0.15, -0.1) is 0 Å². The highest BCUT2D eigenvalue weighted by molar-refractivity contribution is 9.11. The average molecular weight is 808 g/mol. The van der Waals surface area contributed by atoms with Crippen LogP contribution in [0.15, 0.2) is 41.5 Å². The van der Waals surface area contributed by atoms with E-state index in [1.54, 1.807) is 0 Å². The molecule has 2 aliphatic heterocycles. The number of halogens is 2. The van der Waals surface area contributed by atoms with Crippen LogP contribution in [0.25, 0.3) is 12.2 Å². The molecule has 2 unspecified atom stereocenters. The monoisotopic (exact) mass is 806 g/mol. The Bertz CT molecular complexity index is 1700. The van der Waals surface area contributed by atoms with Gasteiger partial charge in [0.25, 0.3) is 11.1 Å². The molecule has 4 N–H and O–H groups in total. The summed E-state index contributed by atoms with van der Waals surface area (Å²) >= 11 is 6.07. The Morgan fingerprint density at radius 1 is 0.792 bits per heavy atom. The maximum absolute atomic E-state index is 12.6. The number of hydrogen-bond donors (Lipinski definition) is 4. The summed E-state index contributed by atoms with van der Waals surface area (Å²) in [5.41, 5.74) is -3.04. The number of nitrogens with zero attached hydrogens (tertiary/aromatic N) is 2. The largest absolute Gasteiger partial charge is 0.513 e. The first-order valence-electron chi connectivity index (χ1n) is 13.9. The molecule has 0 amide bonds. The van der Waals surface area contributed by atoms with Crippen molar-refractivity contribution in [3.63, 3.8) is 0 Å². The predicted molar refractivity (Wildman–Crippen MR) is 166 cm³/mol. The summed E-state index contributed by atoms with van der Waals surface area (Å²) in [6.45, 7) is 2.14. The Labute approximate surface area is 284 Å². The molecular formula is C27H28Br2N4O15. The lowest BCUT2D eigenvalue weighted by Gasteiger charge is -2.25. The van der Waals surface area contributed by atoms with Crippen LogP contribution >= 0.6 is 31.9 Å². The number of H-pyrrole nitrogens is 2. The van der Waals surface area contributed by atoms with E-state index in [1.165, 1.54) is 34.5 Å². The number of rotatable bonds is 10. The minimum absolute atomic E-state index is 0.0574. The summed E-state index contributed by atoms with van der Waals surface area (Å²) in [7, 11) is 0. The molecule has 0 bridgehead atoms. The molecule has 0 radical (unpaired) electrons. The van der Waals surface area contributed by atoms with Gasteiger partial charge in [0.1, 0.15) is 24.7 Å². The van der Waals surface area contributed by atoms with Crippen LogP contribution < -0.4 is 22.5 Å². The molecule has 2 saturated heterocycles. The highest BCUT2D eigenvalue weighted by atomic mass is 79.9. The van der Waals surface area contributed by atoms with E-state index in [9.17, 15) is 43.8 Å². The molecule has 2 aliphatic rings. The summed E-state index contributed by atoms with van der Waals surface area (Å²) in [6.07, 6.45) is -9.54. The molecule has 2 aromatic heterocycles. The Balaban J connectivity index is 1.48. The van der Waals surface area contributed by atoms with Gasteiger partial charge in [0.2, 0.25) is 12.6 Å². The zero-order valence-corrected chi connectivity index (χ0v) is 28.0. The highest BCUT2D eigenvalue weighted by Gasteiger charge is 2.47. The molecule has 2 fully saturated rings. The number of aliphatic hydroxyl groups is 2. The van der Waals surface area contributed by atoms with Gasteiger partial charge < -0.3 is 38.6 Å². The average Bonchev–Trinajstić information content (AvgIpc) is 3.59. The molecule has 260 valence electrons. The highest BCUT2D eigenvalue weighted by Crippen LogP contribution is 2.34. The molecule has 0 spiro atoms. The summed E-state index contributed by atoms with van der Waals surface area (Å²) in [5.74, 6) is -1.59. The molecule has 2 aromatic rings. The van der Waals surface area contributed by atoms with E-state index in [4.69, 9.17) is 28.4 Å². The van der Waals surface area contributed by atoms with Gasteiger partial charge in [0, 0.05) is 39.1 Å². The number of ether oxygens (including phenoxy) is 6. The van der Waals surface area contributed by atoms with Gasteiger partial charge in [0.05, 0.1) is 11.1 Å². The predicted octanol–water partition coefficient (Wildman–Crippen LogP) is 0.0464. The fourth-order valence-electron chi connectivity index (χ4n) is 4.99. The van der Waals surface area contributed by atoms with Gasteiger partial charge in [-0.2, -0.15) is 0 Å². The van der Waals surface area contributed by atoms with Crippen LogP contribution in [0.1, 0.15) is 50.3 Å². The van der Waals surface area contributed by atoms with Crippen LogP contribution in [0.4, 0.5) is 4.79 Å². The molecular weight excluding hydrogens is 780 g/mol. The third kappa shape index (κ3) is 8.65. The van der Waals surface area contributed by atoms with Gasteiger partial charge in [0.15, 0.2) is 12.2 Å². The fourth-order valence-corrected chi connectivity index (χ4v) is 5.56. The van der Waals surface area contributed by atoms with E-state index in [-0.39, 0.29) is 24.0 Å². The quantitative estimate of drug-likeness (QED) is 0.141. The summed E-state index contributed by atoms with van der Waals surface area (Å²) in [4.78, 5) is 92.3. The number of aliphatic hydroxyl groups excluding tert-OH is 2. The van der Waals surface area contributed by atoms with E-state index in [1.807, 2.05) is 0 Å². The van der Waals surface area contributed by atoms with E-state index >= 15 is 0 Å². The Morgan fingerprint density at radius 3 is 1.50 bits per heavy atom. The number of aromatic nitrogens is 4. The third-order valence-electron chi connectivity index (χ3n) is 6.96. The van der Waals surface area contributed by atoms with Crippen molar-refractivity contribution in [3.8, 4) is 0 Å². The van der Waals surface area contributed by atoms with Gasteiger partial charge in [-0.1, -0.05) is 31.9 Å². The van der Waals surface area contributed by atoms with E-state index in [0.29, 0.717) is 0 Å². The molecule has 8 atom stereocenters. The lowest BCUT2D eigenvalue weighted by atomic mass is 10.1. The van der Waals surface area contributed by atoms with Crippen LogP contribution in [0.5, 0.6) is 0 Å². The molecule has 19 nitrogen and oxygen atoms in total. The lowest BCUT2D eigenvalue weighted by Crippen LogP contribution is -2.43. The van der Waals surface area contributed by atoms with Crippen molar-refractivity contribution >= 4 is 62.1 Å². The van der Waals surface area contributed by atoms with Crippen molar-refractivity contribution in [2.45, 2.75) is 76.1 Å². The van der Waals surface area contributed by atoms with Crippen molar-refractivity contribution in [2.24, 2.45) is 0 Å². The first kappa shape index (κ1) is 36.7. The maximum Gasteiger partial charge on any atom is 0.513 e. The van der Waals surface area contributed by atoms with Crippen molar-refractivity contribution < 1.29 is 53.0 Å². The second-order valence-electron chi connectivity index (χ2n) is 10.2. The van der Waals surface area contributed by atoms with Gasteiger partial charge in [-0.25, -0.2) is 14.4 Å². The summed E-state index contributed by atoms with van der Waals surface area (Å²) in [6, 6.07) is 0. The number of aromatic amines is 2. The second kappa shape index (κ2) is 15.8. The molecule has 4 rings (SSSR count). The zero-order valence-electron chi connectivity index (χ0n) is 24.8. The molecule has 4 heterocycles. The smallest absolute Gasteiger partial charge is 0.459 e. The molecule has 0 aliphatic carbocycles. The van der Waals surface area contributed by atoms with E-state index in [0.717, 1.165) is 23.0 Å². The fraction of sp³-hybridized carbons (Fsp3) is 0.444. The molecule has 21 heteroatoms. The Hall–Kier alpha value is -4.15. The second-order valence-corrected chi connectivity index (χ2v) is 11.3. The maximum atomic E-state index is 12.6. The van der Waals surface area contributed by atoms with Gasteiger partial charge in [-0.3, -0.25) is 38.3 Å². The van der Waals surface area contributed by atoms with Crippen molar-refractivity contribution in [1.82, 2.24) is 19.1 Å². The first-order valence-corrected chi connectivity index (χ1v) is 15.7. The van der Waals surface area contributed by atoms with E-state index < -0.39 is 90.0 Å². The molecule has 48 heavy (non-hydrogen) atoms. The zero-order chi connectivity index (χ0) is 35.3. The summed E-state index contributed by atoms with van der Waals surface area (Å²) in [5, 5.41) is 21.4.